The standard InChI is InChI=1S/C11H18N2O4.C3H4O2/c1-3-12-6-8(14)5-9(11(16)17)10(15)7-13-4-2;1-2-3(4)5/h5,12-13H,3-4,6-7H2,1-2H3,(H,16,17);2H,1H2,(H,4,5). The number of Topliss-reactive ketones (excluding diaryl/α,β-unsaturated/α-hetero) is 1. The minimum atomic E-state index is -1.38. The molecule has 0 unspecified atom stereocenters. The first-order valence-electron chi connectivity index (χ1n) is 6.57. The maximum Gasteiger partial charge on any atom is 0.339 e. The van der Waals surface area contributed by atoms with E-state index in [9.17, 15) is 19.2 Å². The second-order valence-electron chi connectivity index (χ2n) is 3.86. The van der Waals surface area contributed by atoms with E-state index in [4.69, 9.17) is 10.2 Å². The fourth-order valence-corrected chi connectivity index (χ4v) is 1.06. The van der Waals surface area contributed by atoms with Gasteiger partial charge in [-0.1, -0.05) is 20.4 Å². The molecule has 0 spiro atoms. The van der Waals surface area contributed by atoms with Crippen molar-refractivity contribution in [2.45, 2.75) is 13.8 Å². The van der Waals surface area contributed by atoms with Crippen LogP contribution in [0.1, 0.15) is 13.8 Å². The predicted molar refractivity (Wildman–Crippen MR) is 80.7 cm³/mol. The van der Waals surface area contributed by atoms with Gasteiger partial charge in [0, 0.05) is 12.2 Å². The summed E-state index contributed by atoms with van der Waals surface area (Å²) in [7, 11) is 0. The molecule has 0 aromatic rings. The molecule has 8 nitrogen and oxygen atoms in total. The van der Waals surface area contributed by atoms with Crippen molar-refractivity contribution >= 4 is 23.5 Å². The van der Waals surface area contributed by atoms with Crippen molar-refractivity contribution in [2.24, 2.45) is 0 Å². The molecule has 0 fully saturated rings. The topological polar surface area (TPSA) is 133 Å². The minimum absolute atomic E-state index is 0.0295. The quantitative estimate of drug-likeness (QED) is 0.243. The first-order chi connectivity index (χ1) is 10.3. The molecule has 124 valence electrons. The van der Waals surface area contributed by atoms with E-state index in [1.165, 1.54) is 0 Å². The predicted octanol–water partition coefficient (Wildman–Crippen LogP) is -0.388. The normalized spacial score (nSPS) is 10.2. The monoisotopic (exact) mass is 314 g/mol. The Balaban J connectivity index is 0. The molecule has 0 saturated carbocycles. The molecule has 0 heterocycles. The van der Waals surface area contributed by atoms with E-state index >= 15 is 0 Å². The van der Waals surface area contributed by atoms with E-state index in [0.717, 1.165) is 12.2 Å². The maximum absolute atomic E-state index is 11.5. The van der Waals surface area contributed by atoms with Crippen LogP contribution in [-0.4, -0.2) is 59.9 Å². The van der Waals surface area contributed by atoms with Gasteiger partial charge in [0.2, 0.25) is 0 Å². The lowest BCUT2D eigenvalue weighted by atomic mass is 10.1. The number of carboxylic acid groups (broad SMARTS) is 2. The van der Waals surface area contributed by atoms with Crippen LogP contribution in [0.4, 0.5) is 0 Å². The number of hydrogen-bond acceptors (Lipinski definition) is 6. The minimum Gasteiger partial charge on any atom is -0.478 e. The first-order valence-corrected chi connectivity index (χ1v) is 6.57. The molecule has 0 radical (unpaired) electrons. The third-order valence-corrected chi connectivity index (χ3v) is 2.10. The van der Waals surface area contributed by atoms with Crippen molar-refractivity contribution in [1.29, 1.82) is 0 Å². The third kappa shape index (κ3) is 12.7. The van der Waals surface area contributed by atoms with E-state index in [2.05, 4.69) is 17.2 Å². The molecule has 0 aliphatic carbocycles. The Hall–Kier alpha value is -2.32. The van der Waals surface area contributed by atoms with Gasteiger partial charge in [-0.15, -0.1) is 0 Å². The van der Waals surface area contributed by atoms with Crippen molar-refractivity contribution in [3.05, 3.63) is 24.3 Å². The smallest absolute Gasteiger partial charge is 0.339 e. The molecule has 8 heteroatoms. The summed E-state index contributed by atoms with van der Waals surface area (Å²) in [6, 6.07) is 0. The number of carbonyl (C=O) groups is 4. The Morgan fingerprint density at radius 2 is 1.45 bits per heavy atom. The van der Waals surface area contributed by atoms with Crippen LogP contribution >= 0.6 is 0 Å². The summed E-state index contributed by atoms with van der Waals surface area (Å²) in [4.78, 5) is 42.9. The van der Waals surface area contributed by atoms with Crippen LogP contribution < -0.4 is 10.6 Å². The van der Waals surface area contributed by atoms with Gasteiger partial charge in [-0.2, -0.15) is 0 Å². The van der Waals surface area contributed by atoms with Crippen LogP contribution in [0.2, 0.25) is 0 Å². The van der Waals surface area contributed by atoms with Gasteiger partial charge in [0.1, 0.15) is 5.57 Å². The lowest BCUT2D eigenvalue weighted by molar-refractivity contribution is -0.135. The van der Waals surface area contributed by atoms with Gasteiger partial charge in [0.15, 0.2) is 11.6 Å². The Morgan fingerprint density at radius 1 is 1.00 bits per heavy atom. The number of carboxylic acids is 2. The number of nitrogens with one attached hydrogen (secondary N) is 2. The number of likely N-dealkylation sites (N-methyl/N-ethyl adjacent to an activating group) is 2. The number of rotatable bonds is 10. The molecule has 4 N–H and O–H groups in total. The van der Waals surface area contributed by atoms with E-state index < -0.39 is 29.1 Å². The molecule has 0 atom stereocenters. The first kappa shape index (κ1) is 22.0. The van der Waals surface area contributed by atoms with Crippen molar-refractivity contribution in [1.82, 2.24) is 10.6 Å². The number of aliphatic carboxylic acids is 2. The van der Waals surface area contributed by atoms with Gasteiger partial charge in [-0.05, 0) is 13.1 Å². The summed E-state index contributed by atoms with van der Waals surface area (Å²) in [5.74, 6) is -3.37. The van der Waals surface area contributed by atoms with Crippen LogP contribution in [0, 0.1) is 0 Å². The van der Waals surface area contributed by atoms with Crippen LogP contribution in [0.3, 0.4) is 0 Å². The Morgan fingerprint density at radius 3 is 1.82 bits per heavy atom. The lowest BCUT2D eigenvalue weighted by Gasteiger charge is -2.02. The molecular formula is C14H22N2O6. The third-order valence-electron chi connectivity index (χ3n) is 2.10. The molecular weight excluding hydrogens is 292 g/mol. The summed E-state index contributed by atoms with van der Waals surface area (Å²) < 4.78 is 0. The van der Waals surface area contributed by atoms with Crippen LogP contribution in [0.5, 0.6) is 0 Å². The number of carbonyl (C=O) groups excluding carboxylic acids is 2. The fraction of sp³-hybridized carbons (Fsp3) is 0.429. The van der Waals surface area contributed by atoms with Crippen LogP contribution in [0.25, 0.3) is 0 Å². The molecule has 0 rings (SSSR count). The Kier molecular flexibility index (Phi) is 13.6. The van der Waals surface area contributed by atoms with Gasteiger partial charge in [-0.25, -0.2) is 9.59 Å². The fourth-order valence-electron chi connectivity index (χ4n) is 1.06. The van der Waals surface area contributed by atoms with Crippen LogP contribution in [-0.2, 0) is 19.2 Å². The van der Waals surface area contributed by atoms with Crippen molar-refractivity contribution < 1.29 is 29.4 Å². The lowest BCUT2D eigenvalue weighted by Crippen LogP contribution is -2.28. The van der Waals surface area contributed by atoms with Gasteiger partial charge >= 0.3 is 11.9 Å². The zero-order valence-electron chi connectivity index (χ0n) is 12.7. The summed E-state index contributed by atoms with van der Waals surface area (Å²) >= 11 is 0. The molecule has 0 aromatic carbocycles. The van der Waals surface area contributed by atoms with E-state index in [0.29, 0.717) is 13.1 Å². The highest BCUT2D eigenvalue weighted by Gasteiger charge is 2.17. The number of hydrogen-bond donors (Lipinski definition) is 4. The molecule has 22 heavy (non-hydrogen) atoms. The van der Waals surface area contributed by atoms with Gasteiger partial charge in [0.05, 0.1) is 13.1 Å². The van der Waals surface area contributed by atoms with Gasteiger partial charge in [0.25, 0.3) is 0 Å². The summed E-state index contributed by atoms with van der Waals surface area (Å²) in [5, 5.41) is 21.9. The highest BCUT2D eigenvalue weighted by atomic mass is 16.4. The second kappa shape index (κ2) is 13.7. The summed E-state index contributed by atoms with van der Waals surface area (Å²) in [6.07, 6.45) is 1.71. The summed E-state index contributed by atoms with van der Waals surface area (Å²) in [5.41, 5.74) is -0.478. The Bertz CT molecular complexity index is 443. The van der Waals surface area contributed by atoms with E-state index in [1.807, 2.05) is 6.92 Å². The zero-order valence-corrected chi connectivity index (χ0v) is 12.7. The zero-order chi connectivity index (χ0) is 17.5. The summed E-state index contributed by atoms with van der Waals surface area (Å²) in [6.45, 7) is 7.70. The average molecular weight is 314 g/mol. The van der Waals surface area contributed by atoms with Crippen molar-refractivity contribution in [2.75, 3.05) is 26.2 Å². The highest BCUT2D eigenvalue weighted by molar-refractivity contribution is 6.20. The Labute approximate surface area is 128 Å². The van der Waals surface area contributed by atoms with Crippen LogP contribution in [0.15, 0.2) is 24.3 Å². The maximum atomic E-state index is 11.5. The van der Waals surface area contributed by atoms with E-state index in [-0.39, 0.29) is 13.1 Å². The average Bonchev–Trinajstić information content (AvgIpc) is 2.48. The molecule has 0 amide bonds. The van der Waals surface area contributed by atoms with E-state index in [1.54, 1.807) is 6.92 Å². The molecule has 0 aromatic heterocycles. The molecule has 0 saturated heterocycles. The molecule has 0 aliphatic rings. The van der Waals surface area contributed by atoms with Crippen molar-refractivity contribution in [3.8, 4) is 0 Å². The molecule has 0 bridgehead atoms. The van der Waals surface area contributed by atoms with Gasteiger partial charge < -0.3 is 20.8 Å². The second-order valence-corrected chi connectivity index (χ2v) is 3.86. The van der Waals surface area contributed by atoms with Gasteiger partial charge in [-0.3, -0.25) is 9.59 Å². The van der Waals surface area contributed by atoms with Crippen molar-refractivity contribution in [3.63, 3.8) is 0 Å². The highest BCUT2D eigenvalue weighted by Crippen LogP contribution is 1.97. The largest absolute Gasteiger partial charge is 0.478 e. The molecule has 0 aliphatic heterocycles. The number of ketones is 2. The SMILES string of the molecule is C=CC(=O)O.CCNCC(=O)C=C(C(=O)O)C(=O)CNCC.